The summed E-state index contributed by atoms with van der Waals surface area (Å²) >= 11 is 5.95. The van der Waals surface area contributed by atoms with Gasteiger partial charge in [-0.25, -0.2) is 4.79 Å². The van der Waals surface area contributed by atoms with E-state index in [-0.39, 0.29) is 10.6 Å². The average molecular weight is 275 g/mol. The molecule has 1 aromatic rings. The Bertz CT molecular complexity index is 485. The van der Waals surface area contributed by atoms with E-state index in [0.29, 0.717) is 18.1 Å². The van der Waals surface area contributed by atoms with Crippen molar-refractivity contribution >= 4 is 23.6 Å². The maximum Gasteiger partial charge on any atom is 0.364 e. The van der Waals surface area contributed by atoms with Crippen LogP contribution in [-0.4, -0.2) is 24.8 Å². The number of halogens is 2. The number of aliphatic carboxylic acids is 1. The number of rotatable bonds is 5. The second-order valence-corrected chi connectivity index (χ2v) is 3.67. The lowest BCUT2D eigenvalue weighted by Crippen LogP contribution is -1.98. The lowest BCUT2D eigenvalue weighted by Gasteiger charge is -2.11. The van der Waals surface area contributed by atoms with E-state index in [0.717, 1.165) is 6.08 Å². The second-order valence-electron chi connectivity index (χ2n) is 3.26. The summed E-state index contributed by atoms with van der Waals surface area (Å²) in [6.45, 7) is 2.18. The third kappa shape index (κ3) is 3.37. The first-order valence-corrected chi connectivity index (χ1v) is 5.48. The molecule has 0 saturated heterocycles. The van der Waals surface area contributed by atoms with Crippen molar-refractivity contribution in [1.82, 2.24) is 0 Å². The summed E-state index contributed by atoms with van der Waals surface area (Å²) in [6, 6.07) is 2.84. The van der Waals surface area contributed by atoms with Gasteiger partial charge in [0.1, 0.15) is 0 Å². The maximum atomic E-state index is 13.0. The molecule has 0 heterocycles. The third-order valence-corrected chi connectivity index (χ3v) is 2.32. The van der Waals surface area contributed by atoms with Gasteiger partial charge in [0.15, 0.2) is 11.5 Å². The van der Waals surface area contributed by atoms with Gasteiger partial charge in [0.2, 0.25) is 5.83 Å². The highest BCUT2D eigenvalue weighted by molar-refractivity contribution is 6.32. The summed E-state index contributed by atoms with van der Waals surface area (Å²) in [5.41, 5.74) is 0.278. The van der Waals surface area contributed by atoms with Gasteiger partial charge in [0.05, 0.1) is 18.7 Å². The Labute approximate surface area is 109 Å². The van der Waals surface area contributed by atoms with Crippen LogP contribution >= 0.6 is 11.6 Å². The predicted octanol–water partition coefficient (Wildman–Crippen LogP) is 3.14. The minimum Gasteiger partial charge on any atom is -0.493 e. The molecule has 0 aliphatic heterocycles. The molecule has 0 unspecified atom stereocenters. The monoisotopic (exact) mass is 274 g/mol. The molecule has 4 nitrogen and oxygen atoms in total. The van der Waals surface area contributed by atoms with Gasteiger partial charge in [0, 0.05) is 0 Å². The summed E-state index contributed by atoms with van der Waals surface area (Å²) < 4.78 is 23.3. The molecule has 0 radical (unpaired) electrons. The highest BCUT2D eigenvalue weighted by Gasteiger charge is 2.12. The van der Waals surface area contributed by atoms with Crippen molar-refractivity contribution in [3.05, 3.63) is 28.5 Å². The number of carboxylic acids is 1. The molecule has 1 aromatic carbocycles. The molecule has 0 amide bonds. The fraction of sp³-hybridized carbons (Fsp3) is 0.250. The van der Waals surface area contributed by atoms with Gasteiger partial charge in [-0.05, 0) is 30.7 Å². The standard InChI is InChI=1S/C12H12ClFO4/c1-3-18-11-8(13)4-7(6-10(11)17-2)5-9(14)12(15)16/h4-6H,3H2,1-2H3,(H,15,16). The van der Waals surface area contributed by atoms with Crippen molar-refractivity contribution in [2.45, 2.75) is 6.92 Å². The fourth-order valence-corrected chi connectivity index (χ4v) is 1.59. The van der Waals surface area contributed by atoms with Crippen LogP contribution in [0.4, 0.5) is 4.39 Å². The summed E-state index contributed by atoms with van der Waals surface area (Å²) in [6.07, 6.45) is 0.854. The van der Waals surface area contributed by atoms with Crippen molar-refractivity contribution in [1.29, 1.82) is 0 Å². The highest BCUT2D eigenvalue weighted by atomic mass is 35.5. The smallest absolute Gasteiger partial charge is 0.364 e. The fourth-order valence-electron chi connectivity index (χ4n) is 1.32. The highest BCUT2D eigenvalue weighted by Crippen LogP contribution is 2.37. The van der Waals surface area contributed by atoms with Crippen LogP contribution in [0.2, 0.25) is 5.02 Å². The summed E-state index contributed by atoms with van der Waals surface area (Å²) in [4.78, 5) is 10.4. The van der Waals surface area contributed by atoms with Gasteiger partial charge in [0.25, 0.3) is 0 Å². The average Bonchev–Trinajstić information content (AvgIpc) is 2.32. The Kier molecular flexibility index (Phi) is 4.97. The Hall–Kier alpha value is -1.75. The molecular weight excluding hydrogens is 263 g/mol. The summed E-state index contributed by atoms with van der Waals surface area (Å²) in [5.74, 6) is -2.26. The van der Waals surface area contributed by atoms with Gasteiger partial charge in [-0.15, -0.1) is 0 Å². The maximum absolute atomic E-state index is 13.0. The van der Waals surface area contributed by atoms with Crippen LogP contribution < -0.4 is 9.47 Å². The first-order chi connectivity index (χ1) is 8.49. The molecular formula is C12H12ClFO4. The Morgan fingerprint density at radius 3 is 2.72 bits per heavy atom. The van der Waals surface area contributed by atoms with Crippen LogP contribution in [0.25, 0.3) is 6.08 Å². The number of methoxy groups -OCH3 is 1. The van der Waals surface area contributed by atoms with Crippen LogP contribution in [-0.2, 0) is 4.79 Å². The molecule has 0 spiro atoms. The van der Waals surface area contributed by atoms with E-state index < -0.39 is 11.8 Å². The first kappa shape index (κ1) is 14.3. The molecule has 1 rings (SSSR count). The van der Waals surface area contributed by atoms with Crippen LogP contribution in [0, 0.1) is 0 Å². The molecule has 0 saturated carbocycles. The molecule has 6 heteroatoms. The third-order valence-electron chi connectivity index (χ3n) is 2.04. The zero-order valence-electron chi connectivity index (χ0n) is 9.87. The number of carboxylic acid groups (broad SMARTS) is 1. The van der Waals surface area contributed by atoms with Crippen molar-refractivity contribution in [2.75, 3.05) is 13.7 Å². The molecule has 0 aliphatic carbocycles. The molecule has 18 heavy (non-hydrogen) atoms. The lowest BCUT2D eigenvalue weighted by molar-refractivity contribution is -0.134. The van der Waals surface area contributed by atoms with Crippen molar-refractivity contribution in [2.24, 2.45) is 0 Å². The summed E-state index contributed by atoms with van der Waals surface area (Å²) in [7, 11) is 1.41. The van der Waals surface area contributed by atoms with Crippen molar-refractivity contribution in [3.8, 4) is 11.5 Å². The van der Waals surface area contributed by atoms with E-state index in [9.17, 15) is 9.18 Å². The van der Waals surface area contributed by atoms with Crippen LogP contribution in [0.15, 0.2) is 18.0 Å². The SMILES string of the molecule is CCOc1c(Cl)cc(C=C(F)C(=O)O)cc1OC. The van der Waals surface area contributed by atoms with Crippen molar-refractivity contribution in [3.63, 3.8) is 0 Å². The second kappa shape index (κ2) is 6.26. The minimum atomic E-state index is -1.64. The van der Waals surface area contributed by atoms with Gasteiger partial charge in [-0.3, -0.25) is 0 Å². The lowest BCUT2D eigenvalue weighted by atomic mass is 10.2. The molecule has 0 aliphatic rings. The van der Waals surface area contributed by atoms with E-state index >= 15 is 0 Å². The number of benzene rings is 1. The van der Waals surface area contributed by atoms with Gasteiger partial charge < -0.3 is 14.6 Å². The quantitative estimate of drug-likeness (QED) is 0.838. The largest absolute Gasteiger partial charge is 0.493 e. The number of hydrogen-bond acceptors (Lipinski definition) is 3. The van der Waals surface area contributed by atoms with Gasteiger partial charge in [-0.2, -0.15) is 4.39 Å². The number of ether oxygens (including phenoxy) is 2. The normalized spacial score (nSPS) is 11.2. The first-order valence-electron chi connectivity index (χ1n) is 5.10. The number of hydrogen-bond donors (Lipinski definition) is 1. The van der Waals surface area contributed by atoms with E-state index in [1.165, 1.54) is 19.2 Å². The molecule has 98 valence electrons. The van der Waals surface area contributed by atoms with E-state index in [4.69, 9.17) is 26.2 Å². The molecule has 0 fully saturated rings. The Morgan fingerprint density at radius 2 is 2.22 bits per heavy atom. The number of carbonyl (C=O) groups is 1. The predicted molar refractivity (Wildman–Crippen MR) is 65.9 cm³/mol. The van der Waals surface area contributed by atoms with Crippen LogP contribution in [0.1, 0.15) is 12.5 Å². The van der Waals surface area contributed by atoms with Crippen molar-refractivity contribution < 1.29 is 23.8 Å². The zero-order valence-corrected chi connectivity index (χ0v) is 10.6. The molecule has 0 bridgehead atoms. The Balaban J connectivity index is 3.22. The van der Waals surface area contributed by atoms with Crippen LogP contribution in [0.5, 0.6) is 11.5 Å². The van der Waals surface area contributed by atoms with E-state index in [1.807, 2.05) is 0 Å². The molecule has 1 N–H and O–H groups in total. The zero-order chi connectivity index (χ0) is 13.7. The van der Waals surface area contributed by atoms with Crippen LogP contribution in [0.3, 0.4) is 0 Å². The van der Waals surface area contributed by atoms with Gasteiger partial charge in [-0.1, -0.05) is 11.6 Å². The summed E-state index contributed by atoms with van der Waals surface area (Å²) in [5, 5.41) is 8.67. The van der Waals surface area contributed by atoms with E-state index in [2.05, 4.69) is 0 Å². The van der Waals surface area contributed by atoms with Gasteiger partial charge >= 0.3 is 5.97 Å². The van der Waals surface area contributed by atoms with E-state index in [1.54, 1.807) is 6.92 Å². The topological polar surface area (TPSA) is 55.8 Å². The molecule has 0 atom stereocenters. The molecule has 0 aromatic heterocycles. The Morgan fingerprint density at radius 1 is 1.56 bits per heavy atom. The minimum absolute atomic E-state index is 0.223.